The minimum Gasteiger partial charge on any atom is -0.465 e. The lowest BCUT2D eigenvalue weighted by Gasteiger charge is -2.43. The molecular weight excluding hydrogens is 526 g/mol. The number of benzene rings is 2. The number of para-hydroxylation sites is 1. The highest BCUT2D eigenvalue weighted by Crippen LogP contribution is 2.38. The van der Waals surface area contributed by atoms with Crippen molar-refractivity contribution in [3.8, 4) is 0 Å². The molecule has 3 aliphatic heterocycles. The predicted molar refractivity (Wildman–Crippen MR) is 151 cm³/mol. The lowest BCUT2D eigenvalue weighted by molar-refractivity contribution is -0.154. The van der Waals surface area contributed by atoms with Gasteiger partial charge in [0, 0.05) is 37.7 Å². The number of unbranched alkanes of at least 4 members (excludes halogenated alkanes) is 1. The van der Waals surface area contributed by atoms with Gasteiger partial charge in [-0.25, -0.2) is 4.79 Å². The highest BCUT2D eigenvalue weighted by atomic mass is 16.7. The third kappa shape index (κ3) is 6.08. The third-order valence-corrected chi connectivity index (χ3v) is 8.17. The number of likely N-dealkylation sites (tertiary alicyclic amines) is 1. The first kappa shape index (κ1) is 28.6. The predicted octanol–water partition coefficient (Wildman–Crippen LogP) is 2.93. The fourth-order valence-corrected chi connectivity index (χ4v) is 5.82. The summed E-state index contributed by atoms with van der Waals surface area (Å²) in [7, 11) is 1.34. The summed E-state index contributed by atoms with van der Waals surface area (Å²) in [6.45, 7) is 1.76. The van der Waals surface area contributed by atoms with Crippen LogP contribution in [0.3, 0.4) is 0 Å². The standard InChI is InChI=1S/C31H37N3O7/c1-39-29(37)23-11-9-22(10-12-23)24-19-26(41-27(20-24)40-18-6-5-17-35)28(36)33-15-13-31(14-16-33)30(38)32-21-34(31)25-7-3-2-4-8-25/h2-4,7-12,19,24,27,35H,5-6,13-18,20-21H2,1H3,(H,32,38). The van der Waals surface area contributed by atoms with Gasteiger partial charge in [0.05, 0.1) is 25.9 Å². The Morgan fingerprint density at radius 3 is 2.49 bits per heavy atom. The normalized spacial score (nSPS) is 21.7. The molecule has 0 radical (unpaired) electrons. The van der Waals surface area contributed by atoms with E-state index in [0.29, 0.717) is 64.0 Å². The second kappa shape index (κ2) is 12.7. The number of methoxy groups -OCH3 is 1. The average Bonchev–Trinajstić information content (AvgIpc) is 3.33. The number of anilines is 1. The van der Waals surface area contributed by atoms with E-state index in [0.717, 1.165) is 11.3 Å². The highest BCUT2D eigenvalue weighted by Gasteiger charge is 2.51. The molecule has 0 bridgehead atoms. The fraction of sp³-hybridized carbons (Fsp3) is 0.452. The molecule has 41 heavy (non-hydrogen) atoms. The largest absolute Gasteiger partial charge is 0.465 e. The van der Waals surface area contributed by atoms with Crippen molar-refractivity contribution in [3.63, 3.8) is 0 Å². The highest BCUT2D eigenvalue weighted by molar-refractivity contribution is 5.95. The number of allylic oxidation sites excluding steroid dienone is 1. The van der Waals surface area contributed by atoms with E-state index in [4.69, 9.17) is 19.3 Å². The van der Waals surface area contributed by atoms with Gasteiger partial charge in [0.15, 0.2) is 5.76 Å². The lowest BCUT2D eigenvalue weighted by Crippen LogP contribution is -2.57. The summed E-state index contributed by atoms with van der Waals surface area (Å²) in [6.07, 6.45) is 4.01. The van der Waals surface area contributed by atoms with Gasteiger partial charge in [-0.2, -0.15) is 0 Å². The third-order valence-electron chi connectivity index (χ3n) is 8.17. The first-order valence-corrected chi connectivity index (χ1v) is 14.1. The van der Waals surface area contributed by atoms with E-state index in [2.05, 4.69) is 10.2 Å². The molecule has 2 saturated heterocycles. The molecule has 3 aliphatic rings. The lowest BCUT2D eigenvalue weighted by atomic mass is 9.85. The number of hydrogen-bond acceptors (Lipinski definition) is 8. The van der Waals surface area contributed by atoms with Crippen molar-refractivity contribution in [3.05, 3.63) is 77.6 Å². The smallest absolute Gasteiger partial charge is 0.337 e. The Morgan fingerprint density at radius 2 is 1.80 bits per heavy atom. The number of nitrogens with zero attached hydrogens (tertiary/aromatic N) is 2. The zero-order chi connectivity index (χ0) is 28.8. The molecule has 2 aromatic rings. The second-order valence-electron chi connectivity index (χ2n) is 10.6. The molecule has 2 fully saturated rings. The van der Waals surface area contributed by atoms with Crippen molar-refractivity contribution >= 4 is 23.5 Å². The Hall–Kier alpha value is -3.89. The molecule has 2 aromatic carbocycles. The van der Waals surface area contributed by atoms with Crippen LogP contribution in [-0.2, 0) is 23.8 Å². The van der Waals surface area contributed by atoms with Crippen molar-refractivity contribution < 1.29 is 33.7 Å². The minimum atomic E-state index is -0.692. The molecular formula is C31H37N3O7. The van der Waals surface area contributed by atoms with Crippen LogP contribution >= 0.6 is 0 Å². The summed E-state index contributed by atoms with van der Waals surface area (Å²) in [6, 6.07) is 17.0. The molecule has 2 atom stereocenters. The molecule has 2 unspecified atom stereocenters. The zero-order valence-corrected chi connectivity index (χ0v) is 23.3. The Kier molecular flexibility index (Phi) is 8.90. The zero-order valence-electron chi connectivity index (χ0n) is 23.3. The summed E-state index contributed by atoms with van der Waals surface area (Å²) in [4.78, 5) is 42.5. The summed E-state index contributed by atoms with van der Waals surface area (Å²) in [5.74, 6) is -0.595. The van der Waals surface area contributed by atoms with Crippen LogP contribution in [0.2, 0.25) is 0 Å². The number of rotatable bonds is 9. The summed E-state index contributed by atoms with van der Waals surface area (Å²) < 4.78 is 16.8. The van der Waals surface area contributed by atoms with Gasteiger partial charge in [-0.1, -0.05) is 30.3 Å². The van der Waals surface area contributed by atoms with Crippen LogP contribution in [0.5, 0.6) is 0 Å². The quantitative estimate of drug-likeness (QED) is 0.353. The Labute approximate surface area is 239 Å². The van der Waals surface area contributed by atoms with Gasteiger partial charge >= 0.3 is 5.97 Å². The van der Waals surface area contributed by atoms with Gasteiger partial charge in [0.2, 0.25) is 12.2 Å². The monoisotopic (exact) mass is 563 g/mol. The maximum absolute atomic E-state index is 13.7. The number of nitrogens with one attached hydrogen (secondary N) is 1. The van der Waals surface area contributed by atoms with E-state index in [-0.39, 0.29) is 30.1 Å². The number of carbonyl (C=O) groups is 3. The van der Waals surface area contributed by atoms with Crippen LogP contribution in [0, 0.1) is 0 Å². The van der Waals surface area contributed by atoms with Gasteiger partial charge in [-0.15, -0.1) is 0 Å². The van der Waals surface area contributed by atoms with Gasteiger partial charge in [-0.3, -0.25) is 9.59 Å². The van der Waals surface area contributed by atoms with E-state index < -0.39 is 17.8 Å². The number of piperidine rings is 1. The second-order valence-corrected chi connectivity index (χ2v) is 10.6. The molecule has 218 valence electrons. The maximum atomic E-state index is 13.7. The van der Waals surface area contributed by atoms with Crippen molar-refractivity contribution in [1.82, 2.24) is 10.2 Å². The van der Waals surface area contributed by atoms with E-state index in [1.165, 1.54) is 7.11 Å². The van der Waals surface area contributed by atoms with Crippen LogP contribution < -0.4 is 10.2 Å². The van der Waals surface area contributed by atoms with Gasteiger partial charge < -0.3 is 34.4 Å². The van der Waals surface area contributed by atoms with Crippen molar-refractivity contribution in [2.45, 2.75) is 49.9 Å². The number of hydrogen-bond donors (Lipinski definition) is 2. The molecule has 5 rings (SSSR count). The summed E-state index contributed by atoms with van der Waals surface area (Å²) in [5, 5.41) is 12.1. The van der Waals surface area contributed by atoms with Crippen LogP contribution in [0.15, 0.2) is 66.4 Å². The number of aliphatic hydroxyl groups is 1. The van der Waals surface area contributed by atoms with Crippen molar-refractivity contribution in [2.75, 3.05) is 45.0 Å². The van der Waals surface area contributed by atoms with Crippen LogP contribution in [0.1, 0.15) is 53.9 Å². The number of amides is 2. The molecule has 2 amide bonds. The Morgan fingerprint density at radius 1 is 1.07 bits per heavy atom. The Bertz CT molecular complexity index is 1260. The molecule has 2 N–H and O–H groups in total. The number of esters is 1. The number of aliphatic hydroxyl groups excluding tert-OH is 1. The number of carbonyl (C=O) groups excluding carboxylic acids is 3. The summed E-state index contributed by atoms with van der Waals surface area (Å²) >= 11 is 0. The van der Waals surface area contributed by atoms with Crippen molar-refractivity contribution in [2.24, 2.45) is 0 Å². The average molecular weight is 564 g/mol. The SMILES string of the molecule is COC(=O)c1ccc(C2C=C(C(=O)N3CCC4(CC3)C(=O)NCN4c3ccccc3)OC(OCCCCO)C2)cc1. The van der Waals surface area contributed by atoms with E-state index >= 15 is 0 Å². The van der Waals surface area contributed by atoms with Crippen LogP contribution in [0.4, 0.5) is 5.69 Å². The minimum absolute atomic E-state index is 0.00612. The molecule has 0 saturated carbocycles. The molecule has 10 nitrogen and oxygen atoms in total. The first-order valence-electron chi connectivity index (χ1n) is 14.1. The maximum Gasteiger partial charge on any atom is 0.337 e. The first-order chi connectivity index (χ1) is 19.9. The molecule has 3 heterocycles. The van der Waals surface area contributed by atoms with E-state index in [1.54, 1.807) is 17.0 Å². The van der Waals surface area contributed by atoms with Crippen LogP contribution in [0.25, 0.3) is 0 Å². The molecule has 0 aliphatic carbocycles. The van der Waals surface area contributed by atoms with E-state index in [1.807, 2.05) is 48.5 Å². The number of ether oxygens (including phenoxy) is 3. The topological polar surface area (TPSA) is 118 Å². The Balaban J connectivity index is 1.31. The van der Waals surface area contributed by atoms with Crippen molar-refractivity contribution in [1.29, 1.82) is 0 Å². The molecule has 1 spiro atoms. The van der Waals surface area contributed by atoms with E-state index in [9.17, 15) is 14.4 Å². The summed E-state index contributed by atoms with van der Waals surface area (Å²) in [5.41, 5.74) is 1.66. The van der Waals surface area contributed by atoms with Crippen LogP contribution in [-0.4, -0.2) is 79.7 Å². The molecule has 0 aromatic heterocycles. The van der Waals surface area contributed by atoms with Gasteiger partial charge in [-0.05, 0) is 61.6 Å². The van der Waals surface area contributed by atoms with Gasteiger partial charge in [0.1, 0.15) is 5.54 Å². The fourth-order valence-electron chi connectivity index (χ4n) is 5.82. The van der Waals surface area contributed by atoms with Gasteiger partial charge in [0.25, 0.3) is 5.91 Å². The molecule has 10 heteroatoms.